The predicted molar refractivity (Wildman–Crippen MR) is 90.1 cm³/mol. The van der Waals surface area contributed by atoms with Gasteiger partial charge in [0, 0.05) is 13.1 Å². The van der Waals surface area contributed by atoms with E-state index >= 15 is 0 Å². The average Bonchev–Trinajstić information content (AvgIpc) is 2.45. The van der Waals surface area contributed by atoms with Crippen molar-refractivity contribution in [1.29, 1.82) is 0 Å². The van der Waals surface area contributed by atoms with Gasteiger partial charge in [0.05, 0.1) is 0 Å². The van der Waals surface area contributed by atoms with Crippen LogP contribution in [0.25, 0.3) is 0 Å². The normalized spacial score (nSPS) is 10.6. The van der Waals surface area contributed by atoms with Crippen molar-refractivity contribution in [2.75, 3.05) is 23.7 Å². The zero-order valence-electron chi connectivity index (χ0n) is 13.3. The van der Waals surface area contributed by atoms with Crippen molar-refractivity contribution in [3.05, 3.63) is 5.28 Å². The van der Waals surface area contributed by atoms with Gasteiger partial charge in [-0.1, -0.05) is 51.9 Å². The van der Waals surface area contributed by atoms with Gasteiger partial charge in [0.1, 0.15) is 0 Å². The molecule has 1 aromatic heterocycles. The van der Waals surface area contributed by atoms with Crippen LogP contribution in [-0.2, 0) is 0 Å². The number of nitrogens with one attached hydrogen (secondary N) is 2. The Morgan fingerprint density at radius 1 is 0.762 bits per heavy atom. The number of unbranched alkanes of at least 4 members (excludes halogenated alkanes) is 7. The van der Waals surface area contributed by atoms with Gasteiger partial charge in [-0.25, -0.2) is 0 Å². The Morgan fingerprint density at radius 2 is 1.33 bits per heavy atom. The van der Waals surface area contributed by atoms with Gasteiger partial charge in [-0.15, -0.1) is 0 Å². The molecule has 1 aromatic rings. The first kappa shape index (κ1) is 18.0. The van der Waals surface area contributed by atoms with Gasteiger partial charge in [-0.05, 0) is 24.9 Å². The zero-order chi connectivity index (χ0) is 15.3. The fraction of sp³-hybridized carbons (Fsp3) is 0.800. The van der Waals surface area contributed by atoms with E-state index in [1.807, 2.05) is 6.92 Å². The van der Waals surface area contributed by atoms with E-state index in [4.69, 9.17) is 11.6 Å². The maximum Gasteiger partial charge on any atom is 0.228 e. The molecule has 0 aliphatic carbocycles. The van der Waals surface area contributed by atoms with Crippen LogP contribution in [0, 0.1) is 0 Å². The predicted octanol–water partition coefficient (Wildman–Crippen LogP) is 4.51. The molecule has 1 heterocycles. The highest BCUT2D eigenvalue weighted by Gasteiger charge is 2.03. The molecular weight excluding hydrogens is 286 g/mol. The summed E-state index contributed by atoms with van der Waals surface area (Å²) in [6, 6.07) is 0. The Hall–Kier alpha value is -1.10. The molecule has 0 saturated heterocycles. The highest BCUT2D eigenvalue weighted by molar-refractivity contribution is 6.28. The van der Waals surface area contributed by atoms with E-state index in [9.17, 15) is 0 Å². The van der Waals surface area contributed by atoms with Gasteiger partial charge in [-0.2, -0.15) is 15.0 Å². The summed E-state index contributed by atoms with van der Waals surface area (Å²) >= 11 is 5.87. The second kappa shape index (κ2) is 11.5. The maximum absolute atomic E-state index is 5.87. The summed E-state index contributed by atoms with van der Waals surface area (Å²) < 4.78 is 0. The number of aromatic nitrogens is 3. The molecular formula is C15H28ClN5. The third-order valence-electron chi connectivity index (χ3n) is 3.26. The number of halogens is 1. The Morgan fingerprint density at radius 3 is 1.95 bits per heavy atom. The number of anilines is 2. The summed E-state index contributed by atoms with van der Waals surface area (Å²) in [5.41, 5.74) is 0. The first-order valence-corrected chi connectivity index (χ1v) is 8.53. The molecule has 0 aromatic carbocycles. The highest BCUT2D eigenvalue weighted by atomic mass is 35.5. The summed E-state index contributed by atoms with van der Waals surface area (Å²) in [6.45, 7) is 5.88. The molecule has 0 unspecified atom stereocenters. The van der Waals surface area contributed by atoms with Crippen molar-refractivity contribution in [1.82, 2.24) is 15.0 Å². The van der Waals surface area contributed by atoms with E-state index in [-0.39, 0.29) is 5.28 Å². The number of hydrogen-bond acceptors (Lipinski definition) is 5. The molecule has 2 N–H and O–H groups in total. The van der Waals surface area contributed by atoms with Crippen LogP contribution in [0.5, 0.6) is 0 Å². The fourth-order valence-electron chi connectivity index (χ4n) is 2.13. The maximum atomic E-state index is 5.87. The van der Waals surface area contributed by atoms with Crippen molar-refractivity contribution in [2.45, 2.75) is 65.2 Å². The summed E-state index contributed by atoms with van der Waals surface area (Å²) in [5, 5.41) is 6.47. The average molecular weight is 314 g/mol. The lowest BCUT2D eigenvalue weighted by Gasteiger charge is -2.07. The third-order valence-corrected chi connectivity index (χ3v) is 3.43. The lowest BCUT2D eigenvalue weighted by Crippen LogP contribution is -2.09. The van der Waals surface area contributed by atoms with Gasteiger partial charge >= 0.3 is 0 Å². The van der Waals surface area contributed by atoms with Crippen LogP contribution in [0.15, 0.2) is 0 Å². The number of nitrogens with zero attached hydrogens (tertiary/aromatic N) is 3. The van der Waals surface area contributed by atoms with Crippen LogP contribution in [0.2, 0.25) is 5.28 Å². The summed E-state index contributed by atoms with van der Waals surface area (Å²) in [7, 11) is 0. The van der Waals surface area contributed by atoms with Crippen molar-refractivity contribution >= 4 is 23.5 Å². The highest BCUT2D eigenvalue weighted by Crippen LogP contribution is 2.11. The molecule has 120 valence electrons. The standard InChI is InChI=1S/C15H28ClN5/c1-3-5-6-7-8-9-10-11-12-18-15-20-13(16)19-14(21-15)17-4-2/h3-12H2,1-2H3,(H2,17,18,19,20,21). The lowest BCUT2D eigenvalue weighted by atomic mass is 10.1. The molecule has 21 heavy (non-hydrogen) atoms. The molecule has 1 rings (SSSR count). The minimum atomic E-state index is 0.222. The summed E-state index contributed by atoms with van der Waals surface area (Å²) in [6.07, 6.45) is 10.5. The monoisotopic (exact) mass is 313 g/mol. The largest absolute Gasteiger partial charge is 0.354 e. The van der Waals surface area contributed by atoms with Crippen molar-refractivity contribution in [2.24, 2.45) is 0 Å². The van der Waals surface area contributed by atoms with E-state index in [2.05, 4.69) is 32.5 Å². The van der Waals surface area contributed by atoms with Gasteiger partial charge in [-0.3, -0.25) is 0 Å². The van der Waals surface area contributed by atoms with Gasteiger partial charge in [0.2, 0.25) is 17.2 Å². The summed E-state index contributed by atoms with van der Waals surface area (Å²) in [5.74, 6) is 1.07. The quantitative estimate of drug-likeness (QED) is 0.556. The molecule has 5 nitrogen and oxygen atoms in total. The summed E-state index contributed by atoms with van der Waals surface area (Å²) in [4.78, 5) is 12.3. The molecule has 0 aliphatic heterocycles. The van der Waals surface area contributed by atoms with E-state index in [1.54, 1.807) is 0 Å². The second-order valence-electron chi connectivity index (χ2n) is 5.18. The van der Waals surface area contributed by atoms with Crippen LogP contribution in [0.3, 0.4) is 0 Å². The smallest absolute Gasteiger partial charge is 0.228 e. The number of hydrogen-bond donors (Lipinski definition) is 2. The molecule has 0 amide bonds. The molecule has 0 radical (unpaired) electrons. The molecule has 6 heteroatoms. The second-order valence-corrected chi connectivity index (χ2v) is 5.52. The zero-order valence-corrected chi connectivity index (χ0v) is 14.0. The molecule has 0 bridgehead atoms. The SMILES string of the molecule is CCCCCCCCCCNc1nc(Cl)nc(NCC)n1. The van der Waals surface area contributed by atoms with Crippen molar-refractivity contribution in [3.63, 3.8) is 0 Å². The Labute approximate surface area is 133 Å². The minimum absolute atomic E-state index is 0.222. The first-order valence-electron chi connectivity index (χ1n) is 8.15. The van der Waals surface area contributed by atoms with E-state index in [0.717, 1.165) is 19.5 Å². The van der Waals surface area contributed by atoms with Crippen LogP contribution >= 0.6 is 11.6 Å². The molecule has 0 aliphatic rings. The molecule has 0 spiro atoms. The van der Waals surface area contributed by atoms with Gasteiger partial charge < -0.3 is 10.6 Å². The van der Waals surface area contributed by atoms with Gasteiger partial charge in [0.15, 0.2) is 0 Å². The third kappa shape index (κ3) is 8.71. The fourth-order valence-corrected chi connectivity index (χ4v) is 2.29. The van der Waals surface area contributed by atoms with Crippen molar-refractivity contribution < 1.29 is 0 Å². The van der Waals surface area contributed by atoms with E-state index in [0.29, 0.717) is 11.9 Å². The molecule has 0 atom stereocenters. The first-order chi connectivity index (χ1) is 10.3. The Kier molecular flexibility index (Phi) is 9.87. The topological polar surface area (TPSA) is 62.7 Å². The lowest BCUT2D eigenvalue weighted by molar-refractivity contribution is 0.580. The number of rotatable bonds is 12. The van der Waals surface area contributed by atoms with E-state index < -0.39 is 0 Å². The molecule has 0 saturated carbocycles. The Bertz CT molecular complexity index is 386. The van der Waals surface area contributed by atoms with Crippen LogP contribution in [-0.4, -0.2) is 28.0 Å². The van der Waals surface area contributed by atoms with Crippen LogP contribution in [0.4, 0.5) is 11.9 Å². The van der Waals surface area contributed by atoms with Crippen LogP contribution in [0.1, 0.15) is 65.2 Å². The minimum Gasteiger partial charge on any atom is -0.354 e. The van der Waals surface area contributed by atoms with Crippen LogP contribution < -0.4 is 10.6 Å². The van der Waals surface area contributed by atoms with Crippen molar-refractivity contribution in [3.8, 4) is 0 Å². The van der Waals surface area contributed by atoms with E-state index in [1.165, 1.54) is 44.9 Å². The van der Waals surface area contributed by atoms with Gasteiger partial charge in [0.25, 0.3) is 0 Å². The Balaban J connectivity index is 2.12. The molecule has 0 fully saturated rings.